The van der Waals surface area contributed by atoms with Crippen LogP contribution in [0.3, 0.4) is 0 Å². The molecule has 0 aromatic heterocycles. The van der Waals surface area contributed by atoms with Crippen LogP contribution in [0.5, 0.6) is 0 Å². The molecule has 0 aliphatic carbocycles. The Bertz CT molecular complexity index is 566. The number of hydrogen-bond donors (Lipinski definition) is 1. The van der Waals surface area contributed by atoms with E-state index >= 15 is 0 Å². The van der Waals surface area contributed by atoms with Crippen LogP contribution in [0.4, 0.5) is 0 Å². The molecular weight excluding hydrogens is 322 g/mol. The number of rotatable bonds is 4. The summed E-state index contributed by atoms with van der Waals surface area (Å²) < 4.78 is 6.37. The van der Waals surface area contributed by atoms with Crippen LogP contribution < -0.4 is 5.32 Å². The van der Waals surface area contributed by atoms with Crippen molar-refractivity contribution in [2.24, 2.45) is 5.92 Å². The van der Waals surface area contributed by atoms with E-state index in [9.17, 15) is 9.59 Å². The molecule has 1 aliphatic heterocycles. The molecule has 0 radical (unpaired) electrons. The van der Waals surface area contributed by atoms with E-state index in [2.05, 4.69) is 21.2 Å². The number of carbonyl (C=O) groups is 2. The number of halogens is 1. The van der Waals surface area contributed by atoms with Crippen molar-refractivity contribution in [2.45, 2.75) is 26.4 Å². The highest BCUT2D eigenvalue weighted by Gasteiger charge is 2.32. The summed E-state index contributed by atoms with van der Waals surface area (Å²) in [6.07, 6.45) is 1.11. The van der Waals surface area contributed by atoms with Crippen molar-refractivity contribution in [2.75, 3.05) is 0 Å². The molecule has 0 saturated carbocycles. The van der Waals surface area contributed by atoms with Gasteiger partial charge in [-0.05, 0) is 23.6 Å². The second-order valence-electron chi connectivity index (χ2n) is 5.05. The molecule has 1 fully saturated rings. The van der Waals surface area contributed by atoms with Gasteiger partial charge in [-0.25, -0.2) is 0 Å². The second kappa shape index (κ2) is 6.22. The van der Waals surface area contributed by atoms with Crippen LogP contribution in [0.2, 0.25) is 0 Å². The van der Waals surface area contributed by atoms with Gasteiger partial charge in [0, 0.05) is 17.0 Å². The van der Waals surface area contributed by atoms with Gasteiger partial charge in [0.2, 0.25) is 0 Å². The first-order chi connectivity index (χ1) is 9.45. The predicted octanol–water partition coefficient (Wildman–Crippen LogP) is 2.57. The van der Waals surface area contributed by atoms with Gasteiger partial charge in [-0.2, -0.15) is 0 Å². The van der Waals surface area contributed by atoms with E-state index in [1.54, 1.807) is 0 Å². The third kappa shape index (κ3) is 3.70. The van der Waals surface area contributed by atoms with Gasteiger partial charge < -0.3 is 4.74 Å². The van der Waals surface area contributed by atoms with Crippen molar-refractivity contribution < 1.29 is 14.3 Å². The van der Waals surface area contributed by atoms with Crippen LogP contribution >= 0.6 is 15.9 Å². The summed E-state index contributed by atoms with van der Waals surface area (Å²) in [5.74, 6) is 0.0130. The zero-order valence-electron chi connectivity index (χ0n) is 11.4. The minimum absolute atomic E-state index is 0.0704. The number of benzene rings is 1. The molecule has 2 rings (SSSR count). The molecule has 4 nitrogen and oxygen atoms in total. The Labute approximate surface area is 126 Å². The van der Waals surface area contributed by atoms with E-state index in [1.807, 2.05) is 38.1 Å². The van der Waals surface area contributed by atoms with Crippen LogP contribution in [0, 0.1) is 5.92 Å². The fourth-order valence-corrected chi connectivity index (χ4v) is 2.41. The first-order valence-electron chi connectivity index (χ1n) is 6.42. The van der Waals surface area contributed by atoms with Gasteiger partial charge in [0.1, 0.15) is 0 Å². The van der Waals surface area contributed by atoms with E-state index in [0.717, 1.165) is 10.0 Å². The smallest absolute Gasteiger partial charge is 0.268 e. The first-order valence-corrected chi connectivity index (χ1v) is 7.21. The largest absolute Gasteiger partial charge is 0.465 e. The van der Waals surface area contributed by atoms with Crippen molar-refractivity contribution in [3.05, 3.63) is 46.3 Å². The average Bonchev–Trinajstić information content (AvgIpc) is 2.70. The van der Waals surface area contributed by atoms with Crippen molar-refractivity contribution in [1.29, 1.82) is 0 Å². The Morgan fingerprint density at radius 2 is 2.25 bits per heavy atom. The molecular formula is C15H16BrNO3. The molecule has 1 heterocycles. The second-order valence-corrected chi connectivity index (χ2v) is 5.97. The molecule has 1 N–H and O–H groups in total. The van der Waals surface area contributed by atoms with Gasteiger partial charge >= 0.3 is 0 Å². The molecule has 1 saturated heterocycles. The molecule has 1 amide bonds. The minimum atomic E-state index is -0.514. The average molecular weight is 338 g/mol. The lowest BCUT2D eigenvalue weighted by molar-refractivity contribution is -0.125. The highest BCUT2D eigenvalue weighted by molar-refractivity contribution is 9.10. The maximum atomic E-state index is 11.9. The molecule has 0 spiro atoms. The zero-order valence-corrected chi connectivity index (χ0v) is 12.9. The number of ketones is 1. The van der Waals surface area contributed by atoms with E-state index < -0.39 is 6.10 Å². The van der Waals surface area contributed by atoms with Crippen LogP contribution in [-0.4, -0.2) is 17.8 Å². The Hall–Kier alpha value is -1.62. The number of allylic oxidation sites excluding steroid dienone is 1. The Balaban J connectivity index is 2.01. The Morgan fingerprint density at radius 3 is 2.85 bits per heavy atom. The molecule has 5 heteroatoms. The van der Waals surface area contributed by atoms with Gasteiger partial charge in [0.15, 0.2) is 17.8 Å². The summed E-state index contributed by atoms with van der Waals surface area (Å²) in [5, 5.41) is 2.58. The number of hydrogen-bond acceptors (Lipinski definition) is 3. The Kier molecular flexibility index (Phi) is 4.60. The van der Waals surface area contributed by atoms with Crippen LogP contribution in [-0.2, 0) is 20.7 Å². The van der Waals surface area contributed by atoms with Gasteiger partial charge in [0.25, 0.3) is 5.91 Å². The monoisotopic (exact) mass is 337 g/mol. The molecule has 0 bridgehead atoms. The fourth-order valence-electron chi connectivity index (χ4n) is 1.97. The SMILES string of the molecule is CC(C)[C@@H]1O/C(=C/C(=O)Cc2cccc(Br)c2)NC1=O. The standard InChI is InChI=1S/C15H16BrNO3/c1-9(2)14-15(19)17-13(20-14)8-12(18)7-10-4-3-5-11(16)6-10/h3-6,8-9,14H,7H2,1-2H3,(H,17,19)/b13-8+/t14-/m0/s1. The maximum Gasteiger partial charge on any atom is 0.268 e. The van der Waals surface area contributed by atoms with Gasteiger partial charge in [-0.1, -0.05) is 41.9 Å². The van der Waals surface area contributed by atoms with Crippen LogP contribution in [0.25, 0.3) is 0 Å². The first kappa shape index (κ1) is 14.8. The van der Waals surface area contributed by atoms with E-state index in [1.165, 1.54) is 6.08 Å². The lowest BCUT2D eigenvalue weighted by Crippen LogP contribution is -2.27. The lowest BCUT2D eigenvalue weighted by atomic mass is 10.1. The quantitative estimate of drug-likeness (QED) is 0.859. The summed E-state index contributed by atoms with van der Waals surface area (Å²) in [6, 6.07) is 7.55. The highest BCUT2D eigenvalue weighted by atomic mass is 79.9. The molecule has 1 aromatic carbocycles. The van der Waals surface area contributed by atoms with Crippen molar-refractivity contribution >= 4 is 27.6 Å². The Morgan fingerprint density at radius 1 is 1.50 bits per heavy atom. The van der Waals surface area contributed by atoms with Crippen molar-refractivity contribution in [3.63, 3.8) is 0 Å². The number of nitrogens with one attached hydrogen (secondary N) is 1. The molecule has 106 valence electrons. The number of amides is 1. The van der Waals surface area contributed by atoms with Gasteiger partial charge in [0.05, 0.1) is 0 Å². The van der Waals surface area contributed by atoms with Crippen LogP contribution in [0.15, 0.2) is 40.7 Å². The molecule has 20 heavy (non-hydrogen) atoms. The highest BCUT2D eigenvalue weighted by Crippen LogP contribution is 2.18. The van der Waals surface area contributed by atoms with E-state index in [0.29, 0.717) is 0 Å². The molecule has 1 atom stereocenters. The van der Waals surface area contributed by atoms with Crippen LogP contribution in [0.1, 0.15) is 19.4 Å². The normalized spacial score (nSPS) is 20.1. The van der Waals surface area contributed by atoms with Gasteiger partial charge in [-0.3, -0.25) is 14.9 Å². The summed E-state index contributed by atoms with van der Waals surface area (Å²) in [6.45, 7) is 3.80. The maximum absolute atomic E-state index is 11.9. The predicted molar refractivity (Wildman–Crippen MR) is 78.8 cm³/mol. The van der Waals surface area contributed by atoms with E-state index in [4.69, 9.17) is 4.74 Å². The molecule has 1 aromatic rings. The third-order valence-electron chi connectivity index (χ3n) is 2.92. The summed E-state index contributed by atoms with van der Waals surface area (Å²) in [4.78, 5) is 23.6. The topological polar surface area (TPSA) is 55.4 Å². The fraction of sp³-hybridized carbons (Fsp3) is 0.333. The molecule has 1 aliphatic rings. The number of ether oxygens (including phenoxy) is 1. The van der Waals surface area contributed by atoms with E-state index in [-0.39, 0.29) is 29.9 Å². The number of carbonyl (C=O) groups excluding carboxylic acids is 2. The molecule has 0 unspecified atom stereocenters. The van der Waals surface area contributed by atoms with Crippen molar-refractivity contribution in [3.8, 4) is 0 Å². The third-order valence-corrected chi connectivity index (χ3v) is 3.42. The lowest BCUT2D eigenvalue weighted by Gasteiger charge is -2.10. The van der Waals surface area contributed by atoms with Crippen molar-refractivity contribution in [1.82, 2.24) is 5.32 Å². The summed E-state index contributed by atoms with van der Waals surface area (Å²) in [5.41, 5.74) is 0.908. The summed E-state index contributed by atoms with van der Waals surface area (Å²) in [7, 11) is 0. The zero-order chi connectivity index (χ0) is 14.7. The van der Waals surface area contributed by atoms with Gasteiger partial charge in [-0.15, -0.1) is 0 Å². The minimum Gasteiger partial charge on any atom is -0.465 e. The summed E-state index contributed by atoms with van der Waals surface area (Å²) >= 11 is 3.36.